The fourth-order valence-electron chi connectivity index (χ4n) is 5.27. The van der Waals surface area contributed by atoms with Gasteiger partial charge >= 0.3 is 8.60 Å². The SMILES string of the molecule is COC1C[C@H](n2cnc3c(=O)[nH]c(N)nc32)OP(O)OC[C@H]2O[C@@H](n3ccc4c(N)ncnc43)C[C@@H]2CCC(O)O1. The largest absolute Gasteiger partial charge is 0.383 e. The molecule has 3 unspecified atom stereocenters. The number of aliphatic hydroxyl groups excluding tert-OH is 1. The number of aromatic nitrogens is 7. The Morgan fingerprint density at radius 2 is 1.98 bits per heavy atom. The minimum Gasteiger partial charge on any atom is -0.383 e. The van der Waals surface area contributed by atoms with Crippen LogP contribution in [0.5, 0.6) is 0 Å². The summed E-state index contributed by atoms with van der Waals surface area (Å²) in [5, 5.41) is 11.4. The van der Waals surface area contributed by atoms with Crippen molar-refractivity contribution in [2.45, 2.75) is 56.8 Å². The van der Waals surface area contributed by atoms with Gasteiger partial charge in [-0.2, -0.15) is 4.98 Å². The van der Waals surface area contributed by atoms with Crippen LogP contribution in [0, 0.1) is 5.92 Å². The first-order valence-corrected chi connectivity index (χ1v) is 14.0. The molecule has 2 aliphatic heterocycles. The van der Waals surface area contributed by atoms with Crippen LogP contribution in [0.1, 0.15) is 38.1 Å². The van der Waals surface area contributed by atoms with E-state index in [1.165, 1.54) is 24.3 Å². The highest BCUT2D eigenvalue weighted by atomic mass is 31.2. The highest BCUT2D eigenvalue weighted by molar-refractivity contribution is 7.40. The van der Waals surface area contributed by atoms with Gasteiger partial charge in [-0.3, -0.25) is 18.9 Å². The summed E-state index contributed by atoms with van der Waals surface area (Å²) in [6, 6.07) is 1.83. The number of methoxy groups -OCH3 is 1. The molecule has 4 aromatic heterocycles. The number of nitrogens with zero attached hydrogens (tertiary/aromatic N) is 6. The number of aromatic amines is 1. The molecule has 0 spiro atoms. The third-order valence-corrected chi connectivity index (χ3v) is 8.08. The van der Waals surface area contributed by atoms with Crippen LogP contribution in [0.3, 0.4) is 0 Å². The molecule has 41 heavy (non-hydrogen) atoms. The second-order valence-corrected chi connectivity index (χ2v) is 10.7. The summed E-state index contributed by atoms with van der Waals surface area (Å²) < 4.78 is 32.5. The van der Waals surface area contributed by atoms with Crippen LogP contribution in [0.15, 0.2) is 29.7 Å². The van der Waals surface area contributed by atoms with Crippen LogP contribution in [-0.2, 0) is 23.3 Å². The number of nitrogen functional groups attached to an aromatic ring is 2. The molecule has 7 N–H and O–H groups in total. The normalized spacial score (nSPS) is 30.1. The molecule has 0 bridgehead atoms. The molecule has 6 heterocycles. The van der Waals surface area contributed by atoms with E-state index in [0.717, 1.165) is 0 Å². The molecule has 6 rings (SSSR count). The Morgan fingerprint density at radius 1 is 1.12 bits per heavy atom. The van der Waals surface area contributed by atoms with Crippen molar-refractivity contribution in [1.82, 2.24) is 34.1 Å². The summed E-state index contributed by atoms with van der Waals surface area (Å²) in [5.74, 6) is 0.207. The smallest absolute Gasteiger partial charge is 0.331 e. The Hall–Kier alpha value is -3.28. The van der Waals surface area contributed by atoms with Gasteiger partial charge < -0.3 is 44.8 Å². The Kier molecular flexibility index (Phi) is 7.84. The van der Waals surface area contributed by atoms with Gasteiger partial charge in [0.25, 0.3) is 5.56 Å². The molecule has 18 heteroatoms. The lowest BCUT2D eigenvalue weighted by Gasteiger charge is -2.26. The fourth-order valence-corrected chi connectivity index (χ4v) is 6.00. The van der Waals surface area contributed by atoms with Gasteiger partial charge in [-0.1, -0.05) is 0 Å². The van der Waals surface area contributed by atoms with E-state index in [1.807, 2.05) is 16.8 Å². The van der Waals surface area contributed by atoms with Crippen LogP contribution in [-0.4, -0.2) is 76.5 Å². The summed E-state index contributed by atoms with van der Waals surface area (Å²) in [6.07, 6.45) is 2.06. The fraction of sp³-hybridized carbons (Fsp3) is 0.522. The van der Waals surface area contributed by atoms with Crippen molar-refractivity contribution in [3.63, 3.8) is 0 Å². The summed E-state index contributed by atoms with van der Waals surface area (Å²) in [4.78, 5) is 42.2. The highest BCUT2D eigenvalue weighted by Gasteiger charge is 2.38. The van der Waals surface area contributed by atoms with Gasteiger partial charge in [-0.25, -0.2) is 15.0 Å². The van der Waals surface area contributed by atoms with E-state index in [-0.39, 0.29) is 42.3 Å². The maximum atomic E-state index is 12.3. The average molecular weight is 592 g/mol. The lowest BCUT2D eigenvalue weighted by Crippen LogP contribution is -2.28. The van der Waals surface area contributed by atoms with Crippen LogP contribution in [0.25, 0.3) is 22.2 Å². The van der Waals surface area contributed by atoms with E-state index in [0.29, 0.717) is 36.1 Å². The first kappa shape index (κ1) is 27.9. The van der Waals surface area contributed by atoms with Gasteiger partial charge in [0, 0.05) is 19.7 Å². The Bertz CT molecular complexity index is 1580. The zero-order valence-electron chi connectivity index (χ0n) is 21.9. The summed E-state index contributed by atoms with van der Waals surface area (Å²) >= 11 is 0. The predicted octanol–water partition coefficient (Wildman–Crippen LogP) is 0.875. The number of nitrogens with one attached hydrogen (secondary N) is 1. The molecule has 0 aliphatic carbocycles. The molecule has 2 saturated heterocycles. The van der Waals surface area contributed by atoms with Crippen LogP contribution < -0.4 is 17.0 Å². The number of anilines is 2. The zero-order valence-corrected chi connectivity index (χ0v) is 22.8. The minimum atomic E-state index is -2.45. The van der Waals surface area contributed by atoms with Gasteiger partial charge in [0.15, 0.2) is 23.7 Å². The van der Waals surface area contributed by atoms with Crippen LogP contribution in [0.4, 0.5) is 11.8 Å². The van der Waals surface area contributed by atoms with Crippen molar-refractivity contribution in [2.75, 3.05) is 25.2 Å². The number of hydrogen-bond donors (Lipinski definition) is 5. The Labute approximate surface area is 233 Å². The molecule has 0 aromatic carbocycles. The summed E-state index contributed by atoms with van der Waals surface area (Å²) in [7, 11) is -1.03. The molecule has 2 fully saturated rings. The molecule has 7 atom stereocenters. The number of hydrogen-bond acceptors (Lipinski definition) is 14. The molecule has 17 nitrogen and oxygen atoms in total. The number of nitrogens with two attached hydrogens (primary N) is 2. The number of imidazole rings is 1. The number of rotatable bonds is 3. The second kappa shape index (κ2) is 11.5. The first-order chi connectivity index (χ1) is 19.8. The van der Waals surface area contributed by atoms with Gasteiger partial charge in [-0.15, -0.1) is 0 Å². The monoisotopic (exact) mass is 591 g/mol. The maximum absolute atomic E-state index is 12.3. The van der Waals surface area contributed by atoms with Crippen molar-refractivity contribution in [3.05, 3.63) is 35.3 Å². The molecule has 0 saturated carbocycles. The summed E-state index contributed by atoms with van der Waals surface area (Å²) in [5.41, 5.74) is 12.0. The van der Waals surface area contributed by atoms with E-state index in [2.05, 4.69) is 24.9 Å². The number of ether oxygens (including phenoxy) is 3. The standard InChI is InChI=1S/C23H30N9O8P/c1-36-17-7-15(32-10-28-18-21(32)29-23(25)30-22(18)34)40-41(35)37-8-13-11(2-3-16(33)39-17)6-14(38-13)31-5-4-12-19(24)26-9-27-20(12)31/h4-5,9-11,13-17,33,35H,2-3,6-8H2,1H3,(H2,24,26,27)(H3,25,29,30,34)/t11-,13+,14+,15+,16?,17?,41?/m0/s1. The van der Waals surface area contributed by atoms with Gasteiger partial charge in [0.2, 0.25) is 5.95 Å². The highest BCUT2D eigenvalue weighted by Crippen LogP contribution is 2.44. The van der Waals surface area contributed by atoms with Crippen LogP contribution >= 0.6 is 8.60 Å². The third-order valence-electron chi connectivity index (χ3n) is 7.28. The van der Waals surface area contributed by atoms with Crippen molar-refractivity contribution in [3.8, 4) is 0 Å². The molecular weight excluding hydrogens is 561 g/mol. The van der Waals surface area contributed by atoms with E-state index in [9.17, 15) is 14.8 Å². The lowest BCUT2D eigenvalue weighted by atomic mass is 9.95. The van der Waals surface area contributed by atoms with Crippen molar-refractivity contribution < 1.29 is 33.3 Å². The van der Waals surface area contributed by atoms with E-state index < -0.39 is 39.1 Å². The predicted molar refractivity (Wildman–Crippen MR) is 143 cm³/mol. The molecular formula is C23H30N9O8P. The Morgan fingerprint density at radius 3 is 2.80 bits per heavy atom. The van der Waals surface area contributed by atoms with E-state index >= 15 is 0 Å². The van der Waals surface area contributed by atoms with Gasteiger partial charge in [0.1, 0.15) is 30.2 Å². The molecule has 220 valence electrons. The van der Waals surface area contributed by atoms with Crippen molar-refractivity contribution in [1.29, 1.82) is 0 Å². The van der Waals surface area contributed by atoms with E-state index in [4.69, 9.17) is 34.7 Å². The van der Waals surface area contributed by atoms with Gasteiger partial charge in [-0.05, 0) is 31.2 Å². The van der Waals surface area contributed by atoms with Gasteiger partial charge in [0.05, 0.1) is 24.4 Å². The lowest BCUT2D eigenvalue weighted by molar-refractivity contribution is -0.232. The average Bonchev–Trinajstić information content (AvgIpc) is 3.66. The van der Waals surface area contributed by atoms with E-state index in [1.54, 1.807) is 0 Å². The molecule has 4 aromatic rings. The molecule has 2 aliphatic rings. The topological polar surface area (TPSA) is 233 Å². The second-order valence-electron chi connectivity index (χ2n) is 9.78. The quantitative estimate of drug-likeness (QED) is 0.208. The molecule has 0 radical (unpaired) electrons. The van der Waals surface area contributed by atoms with Crippen molar-refractivity contribution >= 4 is 42.6 Å². The first-order valence-electron chi connectivity index (χ1n) is 12.9. The van der Waals surface area contributed by atoms with Crippen molar-refractivity contribution in [2.24, 2.45) is 5.92 Å². The summed E-state index contributed by atoms with van der Waals surface area (Å²) in [6.45, 7) is 0.0205. The number of fused-ring (bicyclic) bond motifs is 3. The maximum Gasteiger partial charge on any atom is 0.331 e. The van der Waals surface area contributed by atoms with Crippen LogP contribution in [0.2, 0.25) is 0 Å². The molecule has 0 amide bonds. The number of aliphatic hydroxyl groups is 1. The minimum absolute atomic E-state index is 0.00667. The zero-order chi connectivity index (χ0) is 28.7. The third kappa shape index (κ3) is 5.62. The number of H-pyrrole nitrogens is 1. The Balaban J connectivity index is 1.25.